The summed E-state index contributed by atoms with van der Waals surface area (Å²) in [6.07, 6.45) is 5.05. The molecular weight excluding hydrogens is 152 g/mol. The first kappa shape index (κ1) is 7.81. The molecule has 2 fully saturated rings. The molecular formula is C9H18OSi. The molecule has 2 rings (SSSR count). The number of hydrogen-bond acceptors (Lipinski definition) is 1. The van der Waals surface area contributed by atoms with E-state index in [1.165, 1.54) is 12.8 Å². The molecule has 0 amide bonds. The molecule has 2 heteroatoms. The van der Waals surface area contributed by atoms with E-state index >= 15 is 0 Å². The Morgan fingerprint density at radius 1 is 1.27 bits per heavy atom. The summed E-state index contributed by atoms with van der Waals surface area (Å²) < 4.78 is 5.50. The molecule has 2 saturated carbocycles. The lowest BCUT2D eigenvalue weighted by molar-refractivity contribution is 0.0573. The van der Waals surface area contributed by atoms with Crippen LogP contribution >= 0.6 is 0 Å². The maximum atomic E-state index is 5.50. The number of rotatable bonds is 2. The fourth-order valence-electron chi connectivity index (χ4n) is 3.17. The van der Waals surface area contributed by atoms with Crippen molar-refractivity contribution in [2.45, 2.75) is 37.5 Å². The Balaban J connectivity index is 2.02. The molecule has 0 saturated heterocycles. The lowest BCUT2D eigenvalue weighted by Crippen LogP contribution is -2.25. The molecule has 4 unspecified atom stereocenters. The van der Waals surface area contributed by atoms with E-state index in [1.54, 1.807) is 6.42 Å². The second kappa shape index (κ2) is 2.90. The van der Waals surface area contributed by atoms with Gasteiger partial charge >= 0.3 is 0 Å². The molecule has 0 heterocycles. The Kier molecular flexibility index (Phi) is 2.06. The quantitative estimate of drug-likeness (QED) is 0.570. The van der Waals surface area contributed by atoms with E-state index in [0.717, 1.165) is 17.4 Å². The van der Waals surface area contributed by atoms with Crippen LogP contribution in [0.25, 0.3) is 0 Å². The lowest BCUT2D eigenvalue weighted by atomic mass is 9.97. The van der Waals surface area contributed by atoms with Crippen molar-refractivity contribution in [1.29, 1.82) is 0 Å². The van der Waals surface area contributed by atoms with Gasteiger partial charge in [0.2, 0.25) is 0 Å². The summed E-state index contributed by atoms with van der Waals surface area (Å²) >= 11 is 0. The Morgan fingerprint density at radius 2 is 2.09 bits per heavy atom. The van der Waals surface area contributed by atoms with Crippen LogP contribution in [0.3, 0.4) is 0 Å². The van der Waals surface area contributed by atoms with Crippen LogP contribution in [0.5, 0.6) is 0 Å². The molecule has 0 aromatic carbocycles. The van der Waals surface area contributed by atoms with Crippen molar-refractivity contribution in [3.63, 3.8) is 0 Å². The molecule has 4 atom stereocenters. The van der Waals surface area contributed by atoms with Crippen molar-refractivity contribution >= 4 is 9.52 Å². The molecule has 2 bridgehead atoms. The summed E-state index contributed by atoms with van der Waals surface area (Å²) in [6.45, 7) is 2.46. The average Bonchev–Trinajstić information content (AvgIpc) is 2.60. The minimum absolute atomic E-state index is 0.241. The highest BCUT2D eigenvalue weighted by Crippen LogP contribution is 2.52. The van der Waals surface area contributed by atoms with E-state index in [-0.39, 0.29) is 9.52 Å². The molecule has 0 spiro atoms. The molecule has 0 aromatic rings. The molecule has 2 aliphatic carbocycles. The van der Waals surface area contributed by atoms with Gasteiger partial charge in [-0.2, -0.15) is 0 Å². The summed E-state index contributed by atoms with van der Waals surface area (Å²) in [5.74, 6) is 2.02. The number of hydrogen-bond donors (Lipinski definition) is 0. The predicted octanol–water partition coefficient (Wildman–Crippen LogP) is 1.44. The largest absolute Gasteiger partial charge is 0.381 e. The Morgan fingerprint density at radius 3 is 2.64 bits per heavy atom. The Labute approximate surface area is 71.3 Å². The maximum absolute atomic E-state index is 5.50. The first-order chi connectivity index (χ1) is 5.35. The highest BCUT2D eigenvalue weighted by atomic mass is 28.2. The van der Waals surface area contributed by atoms with Crippen molar-refractivity contribution < 1.29 is 4.74 Å². The molecule has 2 aliphatic rings. The molecule has 0 aromatic heterocycles. The first-order valence-corrected chi connectivity index (χ1v) is 7.11. The summed E-state index contributed by atoms with van der Waals surface area (Å²) in [7, 11) is 2.13. The van der Waals surface area contributed by atoms with E-state index in [1.807, 2.05) is 7.11 Å². The summed E-state index contributed by atoms with van der Waals surface area (Å²) in [5, 5.41) is 0. The maximum Gasteiger partial charge on any atom is 0.0602 e. The molecule has 64 valence electrons. The van der Waals surface area contributed by atoms with Crippen molar-refractivity contribution in [1.82, 2.24) is 0 Å². The zero-order valence-electron chi connectivity index (χ0n) is 7.55. The van der Waals surface area contributed by atoms with Gasteiger partial charge in [-0.1, -0.05) is 13.0 Å². The zero-order valence-corrected chi connectivity index (χ0v) is 8.96. The first-order valence-electron chi connectivity index (χ1n) is 4.88. The number of methoxy groups -OCH3 is 1. The van der Waals surface area contributed by atoms with E-state index < -0.39 is 0 Å². The topological polar surface area (TPSA) is 9.23 Å². The van der Waals surface area contributed by atoms with Gasteiger partial charge in [-0.3, -0.25) is 0 Å². The average molecular weight is 170 g/mol. The van der Waals surface area contributed by atoms with Crippen LogP contribution in [0, 0.1) is 11.8 Å². The van der Waals surface area contributed by atoms with Crippen LogP contribution in [-0.2, 0) is 4.74 Å². The van der Waals surface area contributed by atoms with Crippen molar-refractivity contribution in [2.24, 2.45) is 11.8 Å². The third-order valence-electron chi connectivity index (χ3n) is 3.72. The van der Waals surface area contributed by atoms with Crippen LogP contribution in [0.2, 0.25) is 12.1 Å². The van der Waals surface area contributed by atoms with Gasteiger partial charge in [0.1, 0.15) is 0 Å². The standard InChI is InChI=1S/C9H18OSi/c1-10-8-4-6-3-7(8)9(5-6)11-2/h6-9H,3-5,11H2,1-2H3. The normalized spacial score (nSPS) is 49.6. The summed E-state index contributed by atoms with van der Waals surface area (Å²) in [6, 6.07) is 0. The van der Waals surface area contributed by atoms with Crippen molar-refractivity contribution in [3.8, 4) is 0 Å². The highest BCUT2D eigenvalue weighted by Gasteiger charge is 2.45. The van der Waals surface area contributed by atoms with E-state index in [0.29, 0.717) is 6.10 Å². The second-order valence-electron chi connectivity index (χ2n) is 4.18. The van der Waals surface area contributed by atoms with Gasteiger partial charge in [-0.15, -0.1) is 0 Å². The van der Waals surface area contributed by atoms with Crippen LogP contribution in [0.1, 0.15) is 19.3 Å². The fourth-order valence-corrected chi connectivity index (χ4v) is 5.07. The van der Waals surface area contributed by atoms with Gasteiger partial charge < -0.3 is 4.74 Å². The van der Waals surface area contributed by atoms with Crippen molar-refractivity contribution in [2.75, 3.05) is 7.11 Å². The molecule has 11 heavy (non-hydrogen) atoms. The SMILES string of the molecule is COC1CC2CC([SiH2]C)C1C2. The summed E-state index contributed by atoms with van der Waals surface area (Å²) in [5.41, 5.74) is 1.12. The van der Waals surface area contributed by atoms with Crippen LogP contribution in [0.4, 0.5) is 0 Å². The van der Waals surface area contributed by atoms with Gasteiger partial charge in [0.25, 0.3) is 0 Å². The predicted molar refractivity (Wildman–Crippen MR) is 49.8 cm³/mol. The minimum atomic E-state index is 0.241. The molecule has 1 nitrogen and oxygen atoms in total. The van der Waals surface area contributed by atoms with E-state index in [9.17, 15) is 0 Å². The van der Waals surface area contributed by atoms with Crippen LogP contribution in [0.15, 0.2) is 0 Å². The molecule has 0 N–H and O–H groups in total. The minimum Gasteiger partial charge on any atom is -0.381 e. The molecule has 0 radical (unpaired) electrons. The summed E-state index contributed by atoms with van der Waals surface area (Å²) in [4.78, 5) is 0. The third kappa shape index (κ3) is 1.16. The molecule has 0 aliphatic heterocycles. The highest BCUT2D eigenvalue weighted by molar-refractivity contribution is 6.35. The fraction of sp³-hybridized carbons (Fsp3) is 1.00. The van der Waals surface area contributed by atoms with Gasteiger partial charge in [0, 0.05) is 16.6 Å². The lowest BCUT2D eigenvalue weighted by Gasteiger charge is -2.27. The van der Waals surface area contributed by atoms with Crippen LogP contribution < -0.4 is 0 Å². The Hall–Kier alpha value is 0.177. The number of fused-ring (bicyclic) bond motifs is 2. The monoisotopic (exact) mass is 170 g/mol. The van der Waals surface area contributed by atoms with Gasteiger partial charge in [-0.05, 0) is 30.2 Å². The third-order valence-corrected chi connectivity index (χ3v) is 5.70. The zero-order chi connectivity index (χ0) is 7.84. The van der Waals surface area contributed by atoms with E-state index in [2.05, 4.69) is 6.55 Å². The van der Waals surface area contributed by atoms with Gasteiger partial charge in [0.05, 0.1) is 6.10 Å². The van der Waals surface area contributed by atoms with Gasteiger partial charge in [0.15, 0.2) is 0 Å². The Bertz CT molecular complexity index is 134. The van der Waals surface area contributed by atoms with Gasteiger partial charge in [-0.25, -0.2) is 0 Å². The smallest absolute Gasteiger partial charge is 0.0602 e. The van der Waals surface area contributed by atoms with Crippen LogP contribution in [-0.4, -0.2) is 22.7 Å². The van der Waals surface area contributed by atoms with Crippen molar-refractivity contribution in [3.05, 3.63) is 0 Å². The van der Waals surface area contributed by atoms with E-state index in [4.69, 9.17) is 4.74 Å². The second-order valence-corrected chi connectivity index (χ2v) is 6.04. The number of ether oxygens (including phenoxy) is 1.